The van der Waals surface area contributed by atoms with Crippen molar-refractivity contribution in [2.24, 2.45) is 0 Å². The Balaban J connectivity index is 3.30. The number of aromatic nitrogens is 1. The summed E-state index contributed by atoms with van der Waals surface area (Å²) in [4.78, 5) is 6.70. The van der Waals surface area contributed by atoms with Gasteiger partial charge in [-0.1, -0.05) is 29.8 Å². The van der Waals surface area contributed by atoms with E-state index in [1.165, 1.54) is 6.26 Å². The van der Waals surface area contributed by atoms with Crippen LogP contribution in [-0.2, 0) is 9.84 Å². The van der Waals surface area contributed by atoms with Gasteiger partial charge in [-0.05, 0) is 25.0 Å². The zero-order valence-corrected chi connectivity index (χ0v) is 14.0. The lowest BCUT2D eigenvalue weighted by Crippen LogP contribution is -2.37. The molecule has 19 heavy (non-hydrogen) atoms. The standard InChI is InChI=1S/C13H21BrN2O2S/c1-4-11(5-2)16(10-8-14)13-12(19(3,17)18)7-6-9-15-13/h6-7,9,11H,4-5,8,10H2,1-3H3. The molecule has 1 aromatic heterocycles. The van der Waals surface area contributed by atoms with Gasteiger partial charge in [0.1, 0.15) is 10.7 Å². The molecular weight excluding hydrogens is 328 g/mol. The predicted octanol–water partition coefficient (Wildman–Crippen LogP) is 2.88. The van der Waals surface area contributed by atoms with Gasteiger partial charge in [0.15, 0.2) is 9.84 Å². The van der Waals surface area contributed by atoms with E-state index in [9.17, 15) is 8.42 Å². The second-order valence-electron chi connectivity index (χ2n) is 4.45. The second kappa shape index (κ2) is 7.24. The van der Waals surface area contributed by atoms with Crippen molar-refractivity contribution in [2.75, 3.05) is 23.0 Å². The van der Waals surface area contributed by atoms with E-state index in [-0.39, 0.29) is 0 Å². The summed E-state index contributed by atoms with van der Waals surface area (Å²) in [6.45, 7) is 4.96. The van der Waals surface area contributed by atoms with Gasteiger partial charge in [-0.25, -0.2) is 13.4 Å². The molecule has 1 heterocycles. The number of hydrogen-bond acceptors (Lipinski definition) is 4. The summed E-state index contributed by atoms with van der Waals surface area (Å²) in [6.07, 6.45) is 4.80. The van der Waals surface area contributed by atoms with Crippen LogP contribution in [0.25, 0.3) is 0 Å². The van der Waals surface area contributed by atoms with Gasteiger partial charge in [-0.15, -0.1) is 0 Å². The van der Waals surface area contributed by atoms with Gasteiger partial charge in [-0.2, -0.15) is 0 Å². The van der Waals surface area contributed by atoms with Gasteiger partial charge < -0.3 is 4.90 Å². The van der Waals surface area contributed by atoms with Crippen LogP contribution in [0.5, 0.6) is 0 Å². The molecule has 1 rings (SSSR count). The molecule has 0 bridgehead atoms. The maximum Gasteiger partial charge on any atom is 0.179 e. The zero-order chi connectivity index (χ0) is 14.5. The lowest BCUT2D eigenvalue weighted by Gasteiger charge is -2.32. The fraction of sp³-hybridized carbons (Fsp3) is 0.615. The Morgan fingerprint density at radius 2 is 2.00 bits per heavy atom. The average molecular weight is 349 g/mol. The molecule has 0 N–H and O–H groups in total. The Labute approximate surface area is 124 Å². The lowest BCUT2D eigenvalue weighted by molar-refractivity contribution is 0.557. The van der Waals surface area contributed by atoms with Gasteiger partial charge in [0.2, 0.25) is 0 Å². The Kier molecular flexibility index (Phi) is 6.26. The minimum atomic E-state index is -3.27. The molecule has 108 valence electrons. The quantitative estimate of drug-likeness (QED) is 0.711. The van der Waals surface area contributed by atoms with Crippen molar-refractivity contribution in [3.05, 3.63) is 18.3 Å². The van der Waals surface area contributed by atoms with E-state index in [1.807, 2.05) is 0 Å². The first-order chi connectivity index (χ1) is 8.95. The van der Waals surface area contributed by atoms with E-state index >= 15 is 0 Å². The first kappa shape index (κ1) is 16.4. The molecule has 1 aromatic rings. The molecule has 4 nitrogen and oxygen atoms in total. The number of pyridine rings is 1. The highest BCUT2D eigenvalue weighted by atomic mass is 79.9. The second-order valence-corrected chi connectivity index (χ2v) is 7.23. The summed E-state index contributed by atoms with van der Waals surface area (Å²) in [5.41, 5.74) is 0. The first-order valence-corrected chi connectivity index (χ1v) is 9.44. The van der Waals surface area contributed by atoms with Crippen LogP contribution < -0.4 is 4.90 Å². The largest absolute Gasteiger partial charge is 0.352 e. The number of anilines is 1. The molecule has 6 heteroatoms. The van der Waals surface area contributed by atoms with Gasteiger partial charge in [0.05, 0.1) is 0 Å². The minimum Gasteiger partial charge on any atom is -0.352 e. The van der Waals surface area contributed by atoms with E-state index in [4.69, 9.17) is 0 Å². The van der Waals surface area contributed by atoms with Crippen molar-refractivity contribution in [1.29, 1.82) is 0 Å². The Hall–Kier alpha value is -0.620. The first-order valence-electron chi connectivity index (χ1n) is 6.43. The molecule has 0 radical (unpaired) electrons. The smallest absolute Gasteiger partial charge is 0.179 e. The van der Waals surface area contributed by atoms with E-state index in [1.54, 1.807) is 18.3 Å². The third-order valence-corrected chi connectivity index (χ3v) is 4.60. The number of halogens is 1. The third-order valence-electron chi connectivity index (χ3n) is 3.13. The van der Waals surface area contributed by atoms with Crippen LogP contribution in [0.1, 0.15) is 26.7 Å². The number of nitrogens with zero attached hydrogens (tertiary/aromatic N) is 2. The number of hydrogen-bond donors (Lipinski definition) is 0. The fourth-order valence-electron chi connectivity index (χ4n) is 2.17. The molecule has 0 aliphatic carbocycles. The molecule has 0 aromatic carbocycles. The maximum absolute atomic E-state index is 11.9. The van der Waals surface area contributed by atoms with Gasteiger partial charge in [0, 0.05) is 30.4 Å². The summed E-state index contributed by atoms with van der Waals surface area (Å²) in [5, 5.41) is 0.781. The summed E-state index contributed by atoms with van der Waals surface area (Å²) >= 11 is 3.43. The van der Waals surface area contributed by atoms with Crippen molar-refractivity contribution < 1.29 is 8.42 Å². The SMILES string of the molecule is CCC(CC)N(CCBr)c1ncccc1S(C)(=O)=O. The Bertz CT molecular complexity index is 501. The normalized spacial score (nSPS) is 11.8. The lowest BCUT2D eigenvalue weighted by atomic mass is 10.1. The topological polar surface area (TPSA) is 50.3 Å². The molecule has 0 aliphatic rings. The van der Waals surface area contributed by atoms with E-state index in [0.717, 1.165) is 24.7 Å². The van der Waals surface area contributed by atoms with Crippen LogP contribution in [0.15, 0.2) is 23.2 Å². The monoisotopic (exact) mass is 348 g/mol. The highest BCUT2D eigenvalue weighted by Gasteiger charge is 2.23. The van der Waals surface area contributed by atoms with Crippen LogP contribution in [0.4, 0.5) is 5.82 Å². The van der Waals surface area contributed by atoms with Gasteiger partial charge in [-0.3, -0.25) is 0 Å². The van der Waals surface area contributed by atoms with Gasteiger partial charge >= 0.3 is 0 Å². The van der Waals surface area contributed by atoms with Crippen molar-refractivity contribution >= 4 is 31.6 Å². The van der Waals surface area contributed by atoms with E-state index in [2.05, 4.69) is 39.7 Å². The molecule has 0 fully saturated rings. The molecule has 0 amide bonds. The molecule has 0 spiro atoms. The highest BCUT2D eigenvalue weighted by Crippen LogP contribution is 2.26. The predicted molar refractivity (Wildman–Crippen MR) is 82.9 cm³/mol. The fourth-order valence-corrected chi connectivity index (χ4v) is 3.38. The number of alkyl halides is 1. The van der Waals surface area contributed by atoms with Crippen LogP contribution in [0, 0.1) is 0 Å². The summed E-state index contributed by atoms with van der Waals surface area (Å²) < 4.78 is 23.8. The number of rotatable bonds is 7. The van der Waals surface area contributed by atoms with E-state index < -0.39 is 9.84 Å². The molecular formula is C13H21BrN2O2S. The van der Waals surface area contributed by atoms with Crippen molar-refractivity contribution in [1.82, 2.24) is 4.98 Å². The third kappa shape index (κ3) is 4.18. The molecule has 0 saturated heterocycles. The summed E-state index contributed by atoms with van der Waals surface area (Å²) in [6, 6.07) is 3.59. The zero-order valence-electron chi connectivity index (χ0n) is 11.6. The van der Waals surface area contributed by atoms with Crippen LogP contribution in [0.3, 0.4) is 0 Å². The maximum atomic E-state index is 11.9. The highest BCUT2D eigenvalue weighted by molar-refractivity contribution is 9.09. The molecule has 0 saturated carbocycles. The Morgan fingerprint density at radius 3 is 2.47 bits per heavy atom. The summed E-state index contributed by atoms with van der Waals surface area (Å²) in [7, 11) is -3.27. The molecule has 0 aliphatic heterocycles. The van der Waals surface area contributed by atoms with Crippen LogP contribution in [0.2, 0.25) is 0 Å². The molecule has 0 unspecified atom stereocenters. The van der Waals surface area contributed by atoms with Crippen molar-refractivity contribution in [3.8, 4) is 0 Å². The average Bonchev–Trinajstić information content (AvgIpc) is 2.38. The van der Waals surface area contributed by atoms with Crippen LogP contribution >= 0.6 is 15.9 Å². The Morgan fingerprint density at radius 1 is 1.37 bits per heavy atom. The molecule has 0 atom stereocenters. The van der Waals surface area contributed by atoms with Crippen LogP contribution in [-0.4, -0.2) is 37.6 Å². The van der Waals surface area contributed by atoms with Crippen molar-refractivity contribution in [2.45, 2.75) is 37.6 Å². The van der Waals surface area contributed by atoms with Gasteiger partial charge in [0.25, 0.3) is 0 Å². The van der Waals surface area contributed by atoms with Crippen molar-refractivity contribution in [3.63, 3.8) is 0 Å². The number of sulfone groups is 1. The minimum absolute atomic E-state index is 0.299. The van der Waals surface area contributed by atoms with E-state index in [0.29, 0.717) is 16.8 Å². The summed E-state index contributed by atoms with van der Waals surface area (Å²) in [5.74, 6) is 0.568.